The molecule has 1 atom stereocenters. The summed E-state index contributed by atoms with van der Waals surface area (Å²) in [5, 5.41) is 0. The Bertz CT molecular complexity index is 179. The number of hydrogen-bond acceptors (Lipinski definition) is 3. The maximum Gasteiger partial charge on any atom is 0.135 e. The molecule has 74 valence electrons. The van der Waals surface area contributed by atoms with Gasteiger partial charge in [0, 0.05) is 37.7 Å². The van der Waals surface area contributed by atoms with E-state index in [1.54, 1.807) is 0 Å². The Morgan fingerprint density at radius 1 is 1.31 bits per heavy atom. The van der Waals surface area contributed by atoms with Gasteiger partial charge in [-0.3, -0.25) is 9.69 Å². The number of thioether (sulfide) groups is 1. The molecule has 1 unspecified atom stereocenters. The molecule has 0 saturated carbocycles. The first kappa shape index (κ1) is 9.53. The van der Waals surface area contributed by atoms with Crippen molar-refractivity contribution < 1.29 is 4.79 Å². The number of carbonyl (C=O) groups excluding carboxylic acids is 1. The second-order valence-electron chi connectivity index (χ2n) is 3.95. The van der Waals surface area contributed by atoms with E-state index in [1.165, 1.54) is 24.3 Å². The van der Waals surface area contributed by atoms with E-state index in [0.29, 0.717) is 5.78 Å². The van der Waals surface area contributed by atoms with Crippen LogP contribution in [-0.2, 0) is 4.79 Å². The fraction of sp³-hybridized carbons (Fsp3) is 0.900. The topological polar surface area (TPSA) is 20.3 Å². The van der Waals surface area contributed by atoms with Crippen LogP contribution in [0.4, 0.5) is 0 Å². The number of ketones is 1. The van der Waals surface area contributed by atoms with E-state index in [0.717, 1.165) is 32.0 Å². The monoisotopic (exact) mass is 199 g/mol. The Kier molecular flexibility index (Phi) is 3.28. The zero-order valence-electron chi connectivity index (χ0n) is 8.00. The minimum atomic E-state index is 0.458. The average Bonchev–Trinajstić information content (AvgIpc) is 2.20. The first-order valence-electron chi connectivity index (χ1n) is 5.20. The summed E-state index contributed by atoms with van der Waals surface area (Å²) in [6.07, 6.45) is 4.29. The van der Waals surface area contributed by atoms with Crippen molar-refractivity contribution >= 4 is 17.5 Å². The van der Waals surface area contributed by atoms with Crippen molar-refractivity contribution in [2.45, 2.75) is 31.7 Å². The molecule has 0 aliphatic carbocycles. The molecule has 2 heterocycles. The summed E-state index contributed by atoms with van der Waals surface area (Å²) in [4.78, 5) is 13.6. The van der Waals surface area contributed by atoms with Crippen LogP contribution < -0.4 is 0 Å². The van der Waals surface area contributed by atoms with Gasteiger partial charge < -0.3 is 0 Å². The molecular formula is C10H17NOS. The second kappa shape index (κ2) is 4.47. The van der Waals surface area contributed by atoms with Crippen molar-refractivity contribution in [1.82, 2.24) is 4.90 Å². The van der Waals surface area contributed by atoms with Gasteiger partial charge in [-0.15, -0.1) is 0 Å². The van der Waals surface area contributed by atoms with Gasteiger partial charge in [-0.1, -0.05) is 0 Å². The van der Waals surface area contributed by atoms with Crippen LogP contribution in [0.2, 0.25) is 0 Å². The minimum absolute atomic E-state index is 0.458. The number of hydrogen-bond donors (Lipinski definition) is 0. The van der Waals surface area contributed by atoms with Crippen molar-refractivity contribution in [3.63, 3.8) is 0 Å². The van der Waals surface area contributed by atoms with Gasteiger partial charge >= 0.3 is 0 Å². The molecule has 0 aromatic heterocycles. The van der Waals surface area contributed by atoms with Crippen LogP contribution in [0.1, 0.15) is 25.7 Å². The van der Waals surface area contributed by atoms with Crippen molar-refractivity contribution in [1.29, 1.82) is 0 Å². The van der Waals surface area contributed by atoms with Crippen LogP contribution in [0.15, 0.2) is 0 Å². The molecule has 2 saturated heterocycles. The van der Waals surface area contributed by atoms with E-state index in [-0.39, 0.29) is 0 Å². The second-order valence-corrected chi connectivity index (χ2v) is 5.10. The van der Waals surface area contributed by atoms with Gasteiger partial charge in [-0.05, 0) is 18.6 Å². The maximum atomic E-state index is 11.1. The molecule has 13 heavy (non-hydrogen) atoms. The normalized spacial score (nSPS) is 32.0. The van der Waals surface area contributed by atoms with Crippen LogP contribution >= 0.6 is 11.8 Å². The van der Waals surface area contributed by atoms with Crippen LogP contribution in [0, 0.1) is 0 Å². The molecule has 2 nitrogen and oxygen atoms in total. The molecule has 0 N–H and O–H groups in total. The highest BCUT2D eigenvalue weighted by Crippen LogP contribution is 2.23. The Morgan fingerprint density at radius 2 is 2.08 bits per heavy atom. The van der Waals surface area contributed by atoms with Crippen molar-refractivity contribution in [3.8, 4) is 0 Å². The number of piperidine rings is 1. The van der Waals surface area contributed by atoms with E-state index in [4.69, 9.17) is 0 Å². The Morgan fingerprint density at radius 3 is 2.69 bits per heavy atom. The highest BCUT2D eigenvalue weighted by Gasteiger charge is 2.24. The number of Topliss-reactive ketones (excluding diaryl/α,β-unsaturated/α-hetero) is 1. The molecule has 2 aliphatic heterocycles. The molecule has 0 spiro atoms. The summed E-state index contributed by atoms with van der Waals surface area (Å²) in [5.41, 5.74) is 0. The number of carbonyl (C=O) groups is 1. The number of rotatable bonds is 1. The molecule has 0 radical (unpaired) electrons. The van der Waals surface area contributed by atoms with E-state index >= 15 is 0 Å². The fourth-order valence-electron chi connectivity index (χ4n) is 2.15. The average molecular weight is 199 g/mol. The SMILES string of the molecule is O=C1CCN(C2CCCSC2)CC1. The summed E-state index contributed by atoms with van der Waals surface area (Å²) in [7, 11) is 0. The molecule has 2 fully saturated rings. The summed E-state index contributed by atoms with van der Waals surface area (Å²) in [5.74, 6) is 3.08. The predicted molar refractivity (Wildman–Crippen MR) is 56.2 cm³/mol. The molecule has 0 bridgehead atoms. The molecule has 0 aromatic carbocycles. The van der Waals surface area contributed by atoms with Gasteiger partial charge in [0.1, 0.15) is 5.78 Å². The lowest BCUT2D eigenvalue weighted by Crippen LogP contribution is -2.44. The van der Waals surface area contributed by atoms with Crippen LogP contribution in [0.3, 0.4) is 0 Å². The molecule has 2 aliphatic rings. The van der Waals surface area contributed by atoms with Crippen LogP contribution in [0.25, 0.3) is 0 Å². The fourth-order valence-corrected chi connectivity index (χ4v) is 3.34. The Balaban J connectivity index is 1.82. The van der Waals surface area contributed by atoms with Crippen molar-refractivity contribution in [2.24, 2.45) is 0 Å². The van der Waals surface area contributed by atoms with Crippen LogP contribution in [0.5, 0.6) is 0 Å². The molecule has 0 aromatic rings. The predicted octanol–water partition coefficient (Wildman–Crippen LogP) is 1.55. The molecular weight excluding hydrogens is 182 g/mol. The maximum absolute atomic E-state index is 11.1. The number of likely N-dealkylation sites (tertiary alicyclic amines) is 1. The molecule has 2 rings (SSSR count). The number of nitrogens with zero attached hydrogens (tertiary/aromatic N) is 1. The standard InChI is InChI=1S/C10H17NOS/c12-10-3-5-11(6-4-10)9-2-1-7-13-8-9/h9H,1-8H2. The minimum Gasteiger partial charge on any atom is -0.300 e. The third kappa shape index (κ3) is 2.47. The van der Waals surface area contributed by atoms with Gasteiger partial charge in [0.05, 0.1) is 0 Å². The lowest BCUT2D eigenvalue weighted by molar-refractivity contribution is -0.121. The van der Waals surface area contributed by atoms with Gasteiger partial charge in [0.25, 0.3) is 0 Å². The Hall–Kier alpha value is -0.0200. The lowest BCUT2D eigenvalue weighted by Gasteiger charge is -2.35. The zero-order chi connectivity index (χ0) is 9.10. The van der Waals surface area contributed by atoms with Crippen molar-refractivity contribution in [2.75, 3.05) is 24.6 Å². The van der Waals surface area contributed by atoms with Crippen LogP contribution in [-0.4, -0.2) is 41.3 Å². The van der Waals surface area contributed by atoms with E-state index in [2.05, 4.69) is 16.7 Å². The zero-order valence-corrected chi connectivity index (χ0v) is 8.81. The summed E-state index contributed by atoms with van der Waals surface area (Å²) in [6.45, 7) is 2.04. The van der Waals surface area contributed by atoms with Gasteiger partial charge in [0.2, 0.25) is 0 Å². The lowest BCUT2D eigenvalue weighted by atomic mass is 10.1. The Labute approximate surface area is 84.1 Å². The van der Waals surface area contributed by atoms with Crippen molar-refractivity contribution in [3.05, 3.63) is 0 Å². The highest BCUT2D eigenvalue weighted by atomic mass is 32.2. The van der Waals surface area contributed by atoms with Gasteiger partial charge in [-0.2, -0.15) is 11.8 Å². The first-order valence-corrected chi connectivity index (χ1v) is 6.35. The summed E-state index contributed by atoms with van der Waals surface area (Å²) < 4.78 is 0. The summed E-state index contributed by atoms with van der Waals surface area (Å²) >= 11 is 2.07. The smallest absolute Gasteiger partial charge is 0.135 e. The first-order chi connectivity index (χ1) is 6.36. The largest absolute Gasteiger partial charge is 0.300 e. The highest BCUT2D eigenvalue weighted by molar-refractivity contribution is 7.99. The third-order valence-electron chi connectivity index (χ3n) is 3.01. The van der Waals surface area contributed by atoms with E-state index < -0.39 is 0 Å². The molecule has 0 amide bonds. The summed E-state index contributed by atoms with van der Waals surface area (Å²) in [6, 6.07) is 0.770. The van der Waals surface area contributed by atoms with Gasteiger partial charge in [-0.25, -0.2) is 0 Å². The van der Waals surface area contributed by atoms with E-state index in [1.807, 2.05) is 0 Å². The third-order valence-corrected chi connectivity index (χ3v) is 4.21. The molecule has 3 heteroatoms. The van der Waals surface area contributed by atoms with E-state index in [9.17, 15) is 4.79 Å². The van der Waals surface area contributed by atoms with Gasteiger partial charge in [0.15, 0.2) is 0 Å². The quantitative estimate of drug-likeness (QED) is 0.639.